The van der Waals surface area contributed by atoms with Crippen LogP contribution >= 0.6 is 21.2 Å². The fraction of sp³-hybridized carbons (Fsp3) is 0.273. The number of benzene rings is 1. The highest BCUT2D eigenvalue weighted by Gasteiger charge is 2.29. The first-order chi connectivity index (χ1) is 9.00. The van der Waals surface area contributed by atoms with Gasteiger partial charge < -0.3 is 10.2 Å². The van der Waals surface area contributed by atoms with E-state index in [2.05, 4.69) is 0 Å². The number of halogens is 4. The van der Waals surface area contributed by atoms with E-state index in [1.165, 1.54) is 12.1 Å². The summed E-state index contributed by atoms with van der Waals surface area (Å²) >= 11 is -1.36. The quantitative estimate of drug-likeness (QED) is 0.696. The predicted octanol–water partition coefficient (Wildman–Crippen LogP) is 3.37. The molecule has 0 atom stereocenters. The normalized spacial score (nSPS) is 9.45. The first-order valence-electron chi connectivity index (χ1n) is 4.84. The number of alkyl halides is 3. The van der Waals surface area contributed by atoms with Gasteiger partial charge in [0.15, 0.2) is 21.2 Å². The van der Waals surface area contributed by atoms with Crippen LogP contribution in [0.4, 0.5) is 13.2 Å². The maximum Gasteiger partial charge on any atom is 0.416 e. The van der Waals surface area contributed by atoms with Crippen molar-refractivity contribution in [1.29, 1.82) is 0 Å². The van der Waals surface area contributed by atoms with Crippen LogP contribution in [0.1, 0.15) is 19.4 Å². The Balaban J connectivity index is 0. The summed E-state index contributed by atoms with van der Waals surface area (Å²) in [6.45, 7) is 2.17. The van der Waals surface area contributed by atoms with Gasteiger partial charge in [0.05, 0.1) is 5.56 Å². The summed E-state index contributed by atoms with van der Waals surface area (Å²) < 4.78 is 46.7. The summed E-state index contributed by atoms with van der Waals surface area (Å²) in [5, 5.41) is 14.8. The molecule has 1 aromatic rings. The smallest absolute Gasteiger partial charge is 0.416 e. The number of aliphatic carboxylic acids is 2. The van der Waals surface area contributed by atoms with Gasteiger partial charge >= 0.3 is 6.18 Å². The van der Waals surface area contributed by atoms with E-state index >= 15 is 0 Å². The Hall–Kier alpha value is -1.52. The molecule has 1 aromatic carbocycles. The van der Waals surface area contributed by atoms with Crippen LogP contribution in [0.2, 0.25) is 0 Å². The van der Waals surface area contributed by atoms with E-state index in [4.69, 9.17) is 19.8 Å². The second-order valence-corrected chi connectivity index (χ2v) is 4.81. The molecule has 0 spiro atoms. The van der Waals surface area contributed by atoms with Gasteiger partial charge in [0.1, 0.15) is 0 Å². The van der Waals surface area contributed by atoms with E-state index in [0.717, 1.165) is 26.0 Å². The van der Waals surface area contributed by atoms with Gasteiger partial charge in [-0.1, -0.05) is 0 Å². The molecule has 9 heteroatoms. The van der Waals surface area contributed by atoms with Gasteiger partial charge in [-0.3, -0.25) is 12.7 Å². The number of carboxylic acid groups (broad SMARTS) is 2. The summed E-state index contributed by atoms with van der Waals surface area (Å²) in [5.41, 5.74) is -0.705. The largest absolute Gasteiger partial charge is 0.481 e. The highest BCUT2D eigenvalue weighted by Crippen LogP contribution is 2.29. The minimum absolute atomic E-state index is 0.474. The first-order valence-corrected chi connectivity index (χ1v) is 6.80. The number of rotatable bonds is 1. The van der Waals surface area contributed by atoms with Gasteiger partial charge in [0.2, 0.25) is 0 Å². The van der Waals surface area contributed by atoms with Crippen molar-refractivity contribution in [1.82, 2.24) is 0 Å². The summed E-state index contributed by atoms with van der Waals surface area (Å²) in [7, 11) is 0. The zero-order valence-corrected chi connectivity index (χ0v) is 12.6. The molecule has 114 valence electrons. The standard InChI is InChI=1S/C7H4F3IO.2C2H4O2/c8-7(9,10)5-1-3-6(11-12)4-2-5;2*1-2(3)4/h1-4H;2*1H3,(H,3,4). The topological polar surface area (TPSA) is 91.7 Å². The molecule has 0 saturated carbocycles. The zero-order chi connectivity index (χ0) is 16.3. The highest BCUT2D eigenvalue weighted by atomic mass is 127. The number of hydrogen-bond acceptors (Lipinski definition) is 3. The number of carboxylic acids is 2. The SMILES string of the molecule is CC(=O)O.CC(=O)O.O=Ic1ccc(C(F)(F)F)cc1. The summed E-state index contributed by atoms with van der Waals surface area (Å²) in [4.78, 5) is 18.0. The molecule has 0 radical (unpaired) electrons. The van der Waals surface area contributed by atoms with Gasteiger partial charge in [0, 0.05) is 17.4 Å². The fourth-order valence-electron chi connectivity index (χ4n) is 0.690. The molecule has 5 nitrogen and oxygen atoms in total. The third kappa shape index (κ3) is 14.5. The number of carbonyl (C=O) groups is 2. The lowest BCUT2D eigenvalue weighted by Gasteiger charge is -2.04. The lowest BCUT2D eigenvalue weighted by molar-refractivity contribution is -0.138. The molecule has 20 heavy (non-hydrogen) atoms. The minimum atomic E-state index is -4.31. The molecule has 0 aliphatic carbocycles. The van der Waals surface area contributed by atoms with Crippen LogP contribution in [-0.4, -0.2) is 22.2 Å². The summed E-state index contributed by atoms with van der Waals surface area (Å²) in [6, 6.07) is 4.35. The maximum absolute atomic E-state index is 12.0. The Kier molecular flexibility index (Phi) is 10.7. The van der Waals surface area contributed by atoms with Gasteiger partial charge in [-0.05, 0) is 24.3 Å². The molecule has 0 aromatic heterocycles. The minimum Gasteiger partial charge on any atom is -0.481 e. The summed E-state index contributed by atoms with van der Waals surface area (Å²) in [6.07, 6.45) is -4.31. The van der Waals surface area contributed by atoms with Crippen LogP contribution in [0.5, 0.6) is 0 Å². The van der Waals surface area contributed by atoms with E-state index < -0.39 is 44.9 Å². The van der Waals surface area contributed by atoms with Crippen molar-refractivity contribution in [3.05, 3.63) is 33.4 Å². The Morgan fingerprint density at radius 3 is 1.50 bits per heavy atom. The highest BCUT2D eigenvalue weighted by molar-refractivity contribution is 14.1. The third-order valence-electron chi connectivity index (χ3n) is 1.26. The molecular formula is C11H12F3IO5. The molecule has 0 bridgehead atoms. The monoisotopic (exact) mass is 408 g/mol. The molecule has 1 rings (SSSR count). The van der Waals surface area contributed by atoms with Crippen molar-refractivity contribution in [2.24, 2.45) is 0 Å². The molecule has 0 aliphatic rings. The van der Waals surface area contributed by atoms with Crippen molar-refractivity contribution in [2.75, 3.05) is 0 Å². The maximum atomic E-state index is 12.0. The Bertz CT molecular complexity index is 422. The molecule has 0 unspecified atom stereocenters. The van der Waals surface area contributed by atoms with Crippen molar-refractivity contribution in [3.63, 3.8) is 0 Å². The van der Waals surface area contributed by atoms with Gasteiger partial charge in [-0.25, -0.2) is 0 Å². The van der Waals surface area contributed by atoms with Crippen molar-refractivity contribution in [3.8, 4) is 0 Å². The van der Waals surface area contributed by atoms with Crippen LogP contribution in [0.15, 0.2) is 24.3 Å². The van der Waals surface area contributed by atoms with Crippen LogP contribution in [0.3, 0.4) is 0 Å². The van der Waals surface area contributed by atoms with Crippen LogP contribution < -0.4 is 0 Å². The average molecular weight is 408 g/mol. The predicted molar refractivity (Wildman–Crippen MR) is 71.5 cm³/mol. The molecule has 0 saturated heterocycles. The van der Waals surface area contributed by atoms with Crippen molar-refractivity contribution >= 4 is 33.1 Å². The van der Waals surface area contributed by atoms with E-state index in [1.54, 1.807) is 0 Å². The zero-order valence-electron chi connectivity index (χ0n) is 10.4. The molecule has 0 heterocycles. The van der Waals surface area contributed by atoms with Crippen molar-refractivity contribution < 1.29 is 36.0 Å². The number of hydrogen-bond donors (Lipinski definition) is 2. The Morgan fingerprint density at radius 1 is 1.00 bits per heavy atom. The third-order valence-corrected chi connectivity index (χ3v) is 2.49. The second kappa shape index (κ2) is 10.3. The van der Waals surface area contributed by atoms with E-state index in [-0.39, 0.29) is 0 Å². The van der Waals surface area contributed by atoms with Gasteiger partial charge in [-0.15, -0.1) is 0 Å². The van der Waals surface area contributed by atoms with E-state index in [0.29, 0.717) is 3.57 Å². The molecule has 0 fully saturated rings. The molecule has 0 amide bonds. The lowest BCUT2D eigenvalue weighted by atomic mass is 10.2. The van der Waals surface area contributed by atoms with Crippen LogP contribution in [0.25, 0.3) is 0 Å². The Labute approximate surface area is 123 Å². The second-order valence-electron chi connectivity index (χ2n) is 3.12. The Morgan fingerprint density at radius 2 is 1.30 bits per heavy atom. The lowest BCUT2D eigenvalue weighted by Crippen LogP contribution is -2.03. The first kappa shape index (κ1) is 20.8. The molecular weight excluding hydrogens is 396 g/mol. The van der Waals surface area contributed by atoms with E-state index in [9.17, 15) is 16.2 Å². The van der Waals surface area contributed by atoms with Crippen LogP contribution in [0, 0.1) is 3.57 Å². The summed E-state index contributed by atoms with van der Waals surface area (Å²) in [5.74, 6) is -1.67. The van der Waals surface area contributed by atoms with Gasteiger partial charge in [-0.2, -0.15) is 13.2 Å². The van der Waals surface area contributed by atoms with Gasteiger partial charge in [0.25, 0.3) is 11.9 Å². The van der Waals surface area contributed by atoms with Crippen molar-refractivity contribution in [2.45, 2.75) is 20.0 Å². The molecule has 0 aliphatic heterocycles. The fourth-order valence-corrected chi connectivity index (χ4v) is 1.34. The molecule has 2 N–H and O–H groups in total. The van der Waals surface area contributed by atoms with Crippen LogP contribution in [-0.2, 0) is 18.8 Å². The van der Waals surface area contributed by atoms with E-state index in [1.807, 2.05) is 0 Å². The average Bonchev–Trinajstić information content (AvgIpc) is 2.26.